The summed E-state index contributed by atoms with van der Waals surface area (Å²) in [4.78, 5) is 8.39. The quantitative estimate of drug-likeness (QED) is 0.322. The van der Waals surface area contributed by atoms with Crippen LogP contribution in [0.5, 0.6) is 0 Å². The average Bonchev–Trinajstić information content (AvgIpc) is 3.26. The highest BCUT2D eigenvalue weighted by Gasteiger charge is 2.50. The summed E-state index contributed by atoms with van der Waals surface area (Å²) in [6.45, 7) is 0.0416. The van der Waals surface area contributed by atoms with Crippen molar-refractivity contribution in [1.82, 2.24) is 29.7 Å². The number of nitrogens with zero attached hydrogens (tertiary/aromatic N) is 5. The first-order valence-electron chi connectivity index (χ1n) is 9.19. The predicted molar refractivity (Wildman–Crippen MR) is 120 cm³/mol. The lowest BCUT2D eigenvalue weighted by molar-refractivity contribution is -0.0494. The van der Waals surface area contributed by atoms with E-state index in [1.165, 1.54) is 0 Å². The standard InChI is InChI=1S/C17H22F3N7O2S.HI/c1-21-16(23-12-13-3-7-22-15(11-13)27-8-2-6-24-27)25-14-4-9-26(10-5-14)30(28,29)17(18,19)20;/h2-3,6-8,11,14H,4-5,9-10,12H2,1H3,(H2,21,23,25);1H. The molecule has 0 aliphatic carbocycles. The van der Waals surface area contributed by atoms with Gasteiger partial charge in [0.05, 0.1) is 0 Å². The first-order chi connectivity index (χ1) is 14.2. The smallest absolute Gasteiger partial charge is 0.354 e. The molecule has 0 saturated carbocycles. The number of aliphatic imine (C=N–C) groups is 1. The highest BCUT2D eigenvalue weighted by molar-refractivity contribution is 14.0. The maximum Gasteiger partial charge on any atom is 0.511 e. The monoisotopic (exact) mass is 573 g/mol. The second kappa shape index (κ2) is 10.6. The number of rotatable bonds is 5. The summed E-state index contributed by atoms with van der Waals surface area (Å²) < 4.78 is 63.1. The van der Waals surface area contributed by atoms with Crippen LogP contribution in [0.2, 0.25) is 0 Å². The lowest BCUT2D eigenvalue weighted by Crippen LogP contribution is -2.51. The molecule has 0 spiro atoms. The van der Waals surface area contributed by atoms with Crippen molar-refractivity contribution in [2.24, 2.45) is 4.99 Å². The highest BCUT2D eigenvalue weighted by atomic mass is 127. The van der Waals surface area contributed by atoms with Crippen LogP contribution in [0.3, 0.4) is 0 Å². The number of sulfonamides is 1. The van der Waals surface area contributed by atoms with E-state index in [0.29, 0.717) is 22.6 Å². The van der Waals surface area contributed by atoms with E-state index in [-0.39, 0.29) is 55.9 Å². The Hall–Kier alpha value is -1.94. The summed E-state index contributed by atoms with van der Waals surface area (Å²) >= 11 is 0. The second-order valence-electron chi connectivity index (χ2n) is 6.67. The van der Waals surface area contributed by atoms with E-state index in [2.05, 4.69) is 25.7 Å². The number of hydrogen-bond donors (Lipinski definition) is 2. The minimum Gasteiger partial charge on any atom is -0.354 e. The molecule has 14 heteroatoms. The van der Waals surface area contributed by atoms with E-state index in [1.54, 1.807) is 36.4 Å². The minimum absolute atomic E-state index is 0. The van der Waals surface area contributed by atoms with Gasteiger partial charge in [-0.3, -0.25) is 4.99 Å². The van der Waals surface area contributed by atoms with Gasteiger partial charge < -0.3 is 10.6 Å². The van der Waals surface area contributed by atoms with Crippen molar-refractivity contribution in [3.05, 3.63) is 42.4 Å². The molecular weight excluding hydrogens is 550 g/mol. The van der Waals surface area contributed by atoms with Crippen molar-refractivity contribution >= 4 is 40.0 Å². The number of halogens is 4. The highest BCUT2D eigenvalue weighted by Crippen LogP contribution is 2.28. The fourth-order valence-electron chi connectivity index (χ4n) is 3.06. The molecule has 0 radical (unpaired) electrons. The molecule has 172 valence electrons. The Bertz CT molecular complexity index is 976. The van der Waals surface area contributed by atoms with Crippen LogP contribution in [-0.2, 0) is 16.6 Å². The van der Waals surface area contributed by atoms with Crippen LogP contribution in [0.4, 0.5) is 13.2 Å². The van der Waals surface area contributed by atoms with Crippen LogP contribution in [0, 0.1) is 0 Å². The van der Waals surface area contributed by atoms with Gasteiger partial charge in [-0.05, 0) is 36.6 Å². The molecule has 2 aromatic heterocycles. The lowest BCUT2D eigenvalue weighted by atomic mass is 10.1. The van der Waals surface area contributed by atoms with Gasteiger partial charge in [0.2, 0.25) is 0 Å². The van der Waals surface area contributed by atoms with E-state index in [9.17, 15) is 21.6 Å². The molecule has 0 unspecified atom stereocenters. The van der Waals surface area contributed by atoms with E-state index in [4.69, 9.17) is 0 Å². The van der Waals surface area contributed by atoms with Crippen molar-refractivity contribution in [3.8, 4) is 5.82 Å². The zero-order chi connectivity index (χ0) is 21.8. The fourth-order valence-corrected chi connectivity index (χ4v) is 4.05. The molecule has 0 amide bonds. The molecule has 31 heavy (non-hydrogen) atoms. The molecular formula is C17H23F3IN7O2S. The van der Waals surface area contributed by atoms with Crippen molar-refractivity contribution in [1.29, 1.82) is 0 Å². The molecule has 2 N–H and O–H groups in total. The number of alkyl halides is 3. The molecule has 0 bridgehead atoms. The first-order valence-corrected chi connectivity index (χ1v) is 10.6. The number of guanidine groups is 1. The zero-order valence-corrected chi connectivity index (χ0v) is 19.7. The molecule has 0 atom stereocenters. The van der Waals surface area contributed by atoms with Crippen LogP contribution in [0.15, 0.2) is 41.8 Å². The summed E-state index contributed by atoms with van der Waals surface area (Å²) in [5.41, 5.74) is -4.34. The minimum atomic E-state index is -5.28. The van der Waals surface area contributed by atoms with Gasteiger partial charge in [0, 0.05) is 51.3 Å². The van der Waals surface area contributed by atoms with Gasteiger partial charge in [-0.2, -0.15) is 22.6 Å². The van der Waals surface area contributed by atoms with Crippen LogP contribution < -0.4 is 10.6 Å². The number of nitrogens with one attached hydrogen (secondary N) is 2. The van der Waals surface area contributed by atoms with Gasteiger partial charge in [-0.25, -0.2) is 18.1 Å². The second-order valence-corrected chi connectivity index (χ2v) is 8.60. The third-order valence-corrected chi connectivity index (χ3v) is 6.29. The van der Waals surface area contributed by atoms with Crippen molar-refractivity contribution in [3.63, 3.8) is 0 Å². The van der Waals surface area contributed by atoms with Gasteiger partial charge in [0.1, 0.15) is 0 Å². The summed E-state index contributed by atoms with van der Waals surface area (Å²) in [7, 11) is -3.70. The van der Waals surface area contributed by atoms with Gasteiger partial charge >= 0.3 is 15.5 Å². The molecule has 1 fully saturated rings. The van der Waals surface area contributed by atoms with Gasteiger partial charge in [-0.15, -0.1) is 24.0 Å². The lowest BCUT2D eigenvalue weighted by Gasteiger charge is -2.32. The Kier molecular flexibility index (Phi) is 8.65. The maximum absolute atomic E-state index is 12.7. The van der Waals surface area contributed by atoms with Crippen LogP contribution in [0.25, 0.3) is 5.82 Å². The summed E-state index contributed by atoms with van der Waals surface area (Å²) in [6, 6.07) is 5.32. The third-order valence-electron chi connectivity index (χ3n) is 4.66. The topological polar surface area (TPSA) is 105 Å². The number of aromatic nitrogens is 3. The number of pyridine rings is 1. The normalized spacial score (nSPS) is 16.6. The molecule has 1 saturated heterocycles. The first kappa shape index (κ1) is 25.3. The zero-order valence-electron chi connectivity index (χ0n) is 16.6. The average molecular weight is 573 g/mol. The Morgan fingerprint density at radius 3 is 2.58 bits per heavy atom. The van der Waals surface area contributed by atoms with Crippen molar-refractivity contribution in [2.45, 2.75) is 30.9 Å². The van der Waals surface area contributed by atoms with Gasteiger partial charge in [0.25, 0.3) is 0 Å². The fraction of sp³-hybridized carbons (Fsp3) is 0.471. The van der Waals surface area contributed by atoms with E-state index in [1.807, 2.05) is 12.1 Å². The molecule has 1 aliphatic heterocycles. The molecule has 9 nitrogen and oxygen atoms in total. The molecule has 1 aliphatic rings. The van der Waals surface area contributed by atoms with E-state index in [0.717, 1.165) is 5.56 Å². The van der Waals surface area contributed by atoms with Crippen LogP contribution in [-0.4, -0.2) is 65.1 Å². The van der Waals surface area contributed by atoms with Gasteiger partial charge in [-0.1, -0.05) is 0 Å². The molecule has 3 rings (SSSR count). The largest absolute Gasteiger partial charge is 0.511 e. The van der Waals surface area contributed by atoms with Crippen molar-refractivity contribution in [2.75, 3.05) is 20.1 Å². The molecule has 2 aromatic rings. The Morgan fingerprint density at radius 2 is 2.00 bits per heavy atom. The number of hydrogen-bond acceptors (Lipinski definition) is 5. The summed E-state index contributed by atoms with van der Waals surface area (Å²) in [5.74, 6) is 1.14. The maximum atomic E-state index is 12.7. The molecule has 3 heterocycles. The number of piperidine rings is 1. The molecule has 0 aromatic carbocycles. The Morgan fingerprint density at radius 1 is 1.29 bits per heavy atom. The van der Waals surface area contributed by atoms with E-state index < -0.39 is 15.5 Å². The third kappa shape index (κ3) is 6.29. The Balaban J connectivity index is 0.00000341. The SMILES string of the molecule is CN=C(NCc1ccnc(-n2cccn2)c1)NC1CCN(S(=O)(=O)C(F)(F)F)CC1.I. The van der Waals surface area contributed by atoms with Gasteiger partial charge in [0.15, 0.2) is 11.8 Å². The summed E-state index contributed by atoms with van der Waals surface area (Å²) in [6.07, 6.45) is 5.60. The van der Waals surface area contributed by atoms with Crippen LogP contribution in [0.1, 0.15) is 18.4 Å². The van der Waals surface area contributed by atoms with Crippen molar-refractivity contribution < 1.29 is 21.6 Å². The van der Waals surface area contributed by atoms with Crippen LogP contribution >= 0.6 is 24.0 Å². The Labute approximate surface area is 195 Å². The predicted octanol–water partition coefficient (Wildman–Crippen LogP) is 1.86. The van der Waals surface area contributed by atoms with E-state index >= 15 is 0 Å². The summed E-state index contributed by atoms with van der Waals surface area (Å²) in [5, 5.41) is 10.4.